The van der Waals surface area contributed by atoms with E-state index in [-0.39, 0.29) is 29.1 Å². The molecule has 0 N–H and O–H groups in total. The summed E-state index contributed by atoms with van der Waals surface area (Å²) in [6.07, 6.45) is 6.38. The first-order valence-electron chi connectivity index (χ1n) is 9.97. The average molecular weight is 407 g/mol. The summed E-state index contributed by atoms with van der Waals surface area (Å²) < 4.78 is 11.3. The number of Topliss-reactive ketones (excluding diaryl/α,β-unsaturated/α-hetero) is 1. The van der Waals surface area contributed by atoms with Crippen LogP contribution in [0, 0.1) is 23.0 Å². The van der Waals surface area contributed by atoms with Gasteiger partial charge in [-0.15, -0.1) is 0 Å². The van der Waals surface area contributed by atoms with Crippen molar-refractivity contribution < 1.29 is 24.0 Å². The Labute approximate surface area is 173 Å². The van der Waals surface area contributed by atoms with Gasteiger partial charge >= 0.3 is 5.97 Å². The van der Waals surface area contributed by atoms with Crippen molar-refractivity contribution in [3.8, 4) is 11.5 Å². The number of rotatable bonds is 4. The lowest BCUT2D eigenvalue weighted by atomic mass is 9.89. The number of hydrogen-bond donors (Lipinski definition) is 0. The van der Waals surface area contributed by atoms with Gasteiger partial charge in [0.1, 0.15) is 11.5 Å². The van der Waals surface area contributed by atoms with Gasteiger partial charge in [-0.3, -0.25) is 19.7 Å². The van der Waals surface area contributed by atoms with E-state index in [9.17, 15) is 19.7 Å². The second-order valence-electron chi connectivity index (χ2n) is 7.66. The molecule has 2 aromatic carbocycles. The number of allylic oxidation sites excluding steroid dienone is 1. The number of non-ortho nitro benzene ring substituents is 1. The third-order valence-electron chi connectivity index (χ3n) is 5.48. The molecule has 1 fully saturated rings. The normalized spacial score (nSPS) is 17.5. The van der Waals surface area contributed by atoms with Crippen LogP contribution in [0.25, 0.3) is 6.08 Å². The standard InChI is InChI=1S/C23H21NO6/c1-14-10-18(29-23(26)16-7-3-2-4-8-16)13-19-21(14)22(25)20(30-19)12-15-6-5-9-17(11-15)24(27)28/h5-6,9-13,16H,2-4,7-8H2,1H3/b20-12-. The van der Waals surface area contributed by atoms with Crippen LogP contribution in [0.5, 0.6) is 11.5 Å². The van der Waals surface area contributed by atoms with Gasteiger partial charge in [-0.2, -0.15) is 0 Å². The van der Waals surface area contributed by atoms with Crippen molar-refractivity contribution in [1.29, 1.82) is 0 Å². The summed E-state index contributed by atoms with van der Waals surface area (Å²) in [6, 6.07) is 9.17. The minimum absolute atomic E-state index is 0.0691. The fourth-order valence-electron chi connectivity index (χ4n) is 3.95. The van der Waals surface area contributed by atoms with Crippen molar-refractivity contribution in [2.75, 3.05) is 0 Å². The Kier molecular flexibility index (Phi) is 5.35. The number of carbonyl (C=O) groups excluding carboxylic acids is 2. The Balaban J connectivity index is 1.57. The second-order valence-corrected chi connectivity index (χ2v) is 7.66. The number of esters is 1. The molecule has 0 unspecified atom stereocenters. The molecule has 2 aliphatic rings. The Morgan fingerprint density at radius 2 is 1.97 bits per heavy atom. The number of benzene rings is 2. The SMILES string of the molecule is Cc1cc(OC(=O)C2CCCCC2)cc2c1C(=O)/C(=C/c1cccc([N+](=O)[O-])c1)O2. The maximum absolute atomic E-state index is 12.8. The summed E-state index contributed by atoms with van der Waals surface area (Å²) in [5.41, 5.74) is 1.47. The summed E-state index contributed by atoms with van der Waals surface area (Å²) in [4.78, 5) is 35.7. The average Bonchev–Trinajstić information content (AvgIpc) is 3.04. The summed E-state index contributed by atoms with van der Waals surface area (Å²) >= 11 is 0. The number of nitro benzene ring substituents is 1. The molecule has 0 saturated heterocycles. The van der Waals surface area contributed by atoms with Gasteiger partial charge in [-0.05, 0) is 43.0 Å². The van der Waals surface area contributed by atoms with Gasteiger partial charge in [-0.25, -0.2) is 0 Å². The molecule has 30 heavy (non-hydrogen) atoms. The topological polar surface area (TPSA) is 95.7 Å². The third kappa shape index (κ3) is 3.96. The van der Waals surface area contributed by atoms with Crippen LogP contribution in [-0.2, 0) is 4.79 Å². The van der Waals surface area contributed by atoms with E-state index in [2.05, 4.69) is 0 Å². The molecule has 154 valence electrons. The van der Waals surface area contributed by atoms with Crippen molar-refractivity contribution >= 4 is 23.5 Å². The third-order valence-corrected chi connectivity index (χ3v) is 5.48. The summed E-state index contributed by atoms with van der Waals surface area (Å²) in [7, 11) is 0. The zero-order chi connectivity index (χ0) is 21.3. The van der Waals surface area contributed by atoms with Crippen LogP contribution in [0.4, 0.5) is 5.69 Å². The molecule has 0 amide bonds. The quantitative estimate of drug-likeness (QED) is 0.233. The van der Waals surface area contributed by atoms with E-state index in [1.54, 1.807) is 31.2 Å². The molecular formula is C23H21NO6. The van der Waals surface area contributed by atoms with Crippen molar-refractivity contribution in [3.63, 3.8) is 0 Å². The molecule has 7 heteroatoms. The van der Waals surface area contributed by atoms with Crippen LogP contribution in [0.3, 0.4) is 0 Å². The minimum Gasteiger partial charge on any atom is -0.452 e. The van der Waals surface area contributed by atoms with Crippen molar-refractivity contribution in [1.82, 2.24) is 0 Å². The van der Waals surface area contributed by atoms with Crippen LogP contribution in [0.2, 0.25) is 0 Å². The molecule has 0 atom stereocenters. The van der Waals surface area contributed by atoms with Crippen molar-refractivity contribution in [2.24, 2.45) is 5.92 Å². The van der Waals surface area contributed by atoms with Gasteiger partial charge < -0.3 is 9.47 Å². The van der Waals surface area contributed by atoms with Gasteiger partial charge in [-0.1, -0.05) is 31.4 Å². The van der Waals surface area contributed by atoms with Gasteiger partial charge in [0.15, 0.2) is 5.76 Å². The molecule has 1 aliphatic heterocycles. The molecule has 2 aromatic rings. The predicted molar refractivity (Wildman–Crippen MR) is 109 cm³/mol. The number of nitro groups is 1. The van der Waals surface area contributed by atoms with Crippen LogP contribution in [0.1, 0.15) is 53.6 Å². The predicted octanol–water partition coefficient (Wildman–Crippen LogP) is 5.01. The Morgan fingerprint density at radius 1 is 1.20 bits per heavy atom. The largest absolute Gasteiger partial charge is 0.452 e. The highest BCUT2D eigenvalue weighted by Crippen LogP contribution is 2.38. The first-order valence-corrected chi connectivity index (χ1v) is 9.97. The number of hydrogen-bond acceptors (Lipinski definition) is 6. The first kappa shape index (κ1) is 19.8. The van der Waals surface area contributed by atoms with E-state index in [1.165, 1.54) is 18.2 Å². The summed E-state index contributed by atoms with van der Waals surface area (Å²) in [5, 5.41) is 11.0. The van der Waals surface area contributed by atoms with Crippen LogP contribution >= 0.6 is 0 Å². The molecule has 7 nitrogen and oxygen atoms in total. The Morgan fingerprint density at radius 3 is 2.70 bits per heavy atom. The van der Waals surface area contributed by atoms with E-state index in [0.717, 1.165) is 32.1 Å². The van der Waals surface area contributed by atoms with Crippen molar-refractivity contribution in [2.45, 2.75) is 39.0 Å². The second kappa shape index (κ2) is 8.10. The molecule has 1 saturated carbocycles. The number of fused-ring (bicyclic) bond motifs is 1. The van der Waals surface area contributed by atoms with Crippen LogP contribution in [-0.4, -0.2) is 16.7 Å². The van der Waals surface area contributed by atoms with Crippen LogP contribution in [0.15, 0.2) is 42.2 Å². The highest BCUT2D eigenvalue weighted by molar-refractivity contribution is 6.15. The number of ether oxygens (including phenoxy) is 2. The minimum atomic E-state index is -0.495. The molecule has 1 aliphatic carbocycles. The zero-order valence-corrected chi connectivity index (χ0v) is 16.6. The summed E-state index contributed by atoms with van der Waals surface area (Å²) in [5.74, 6) is 0.114. The highest BCUT2D eigenvalue weighted by atomic mass is 16.6. The molecule has 1 heterocycles. The number of ketones is 1. The van der Waals surface area contributed by atoms with E-state index >= 15 is 0 Å². The summed E-state index contributed by atoms with van der Waals surface area (Å²) in [6.45, 7) is 1.76. The molecule has 4 rings (SSSR count). The zero-order valence-electron chi connectivity index (χ0n) is 16.6. The smallest absolute Gasteiger partial charge is 0.314 e. The molecule has 0 radical (unpaired) electrons. The van der Waals surface area contributed by atoms with Crippen LogP contribution < -0.4 is 9.47 Å². The van der Waals surface area contributed by atoms with Gasteiger partial charge in [0.25, 0.3) is 5.69 Å². The monoisotopic (exact) mass is 407 g/mol. The van der Waals surface area contributed by atoms with E-state index in [4.69, 9.17) is 9.47 Å². The lowest BCUT2D eigenvalue weighted by Crippen LogP contribution is -2.22. The molecule has 0 aromatic heterocycles. The first-order chi connectivity index (χ1) is 14.4. The molecule has 0 spiro atoms. The van der Waals surface area contributed by atoms with E-state index in [0.29, 0.717) is 28.2 Å². The fourth-order valence-corrected chi connectivity index (χ4v) is 3.95. The number of nitrogens with zero attached hydrogens (tertiary/aromatic N) is 1. The Hall–Kier alpha value is -3.48. The number of carbonyl (C=O) groups is 2. The lowest BCUT2D eigenvalue weighted by Gasteiger charge is -2.20. The Bertz CT molecular complexity index is 1070. The lowest BCUT2D eigenvalue weighted by molar-refractivity contribution is -0.384. The number of aryl methyl sites for hydroxylation is 1. The van der Waals surface area contributed by atoms with E-state index in [1.807, 2.05) is 0 Å². The van der Waals surface area contributed by atoms with E-state index < -0.39 is 4.92 Å². The molecular weight excluding hydrogens is 386 g/mol. The highest BCUT2D eigenvalue weighted by Gasteiger charge is 2.31. The maximum Gasteiger partial charge on any atom is 0.314 e. The van der Waals surface area contributed by atoms with Gasteiger partial charge in [0, 0.05) is 18.2 Å². The maximum atomic E-state index is 12.8. The molecule has 0 bridgehead atoms. The van der Waals surface area contributed by atoms with Gasteiger partial charge in [0.2, 0.25) is 5.78 Å². The fraction of sp³-hybridized carbons (Fsp3) is 0.304. The van der Waals surface area contributed by atoms with Gasteiger partial charge in [0.05, 0.1) is 16.4 Å². The van der Waals surface area contributed by atoms with Crippen molar-refractivity contribution in [3.05, 3.63) is 69.0 Å².